The van der Waals surface area contributed by atoms with E-state index in [2.05, 4.69) is 10.6 Å². The smallest absolute Gasteiger partial charge is 0.407 e. The van der Waals surface area contributed by atoms with E-state index in [4.69, 9.17) is 25.8 Å². The first-order valence-corrected chi connectivity index (χ1v) is 15.0. The van der Waals surface area contributed by atoms with Crippen molar-refractivity contribution in [2.24, 2.45) is 0 Å². The molecule has 0 aromatic heterocycles. The molecule has 0 radical (unpaired) electrons. The van der Waals surface area contributed by atoms with Gasteiger partial charge in [-0.3, -0.25) is 4.79 Å². The molecule has 0 heterocycles. The first-order valence-electron chi connectivity index (χ1n) is 14.6. The van der Waals surface area contributed by atoms with Gasteiger partial charge in [0, 0.05) is 36.1 Å². The van der Waals surface area contributed by atoms with Crippen molar-refractivity contribution in [3.8, 4) is 0 Å². The Morgan fingerprint density at radius 3 is 2.28 bits per heavy atom. The van der Waals surface area contributed by atoms with Gasteiger partial charge in [0.1, 0.15) is 12.2 Å². The number of benzene rings is 2. The zero-order chi connectivity index (χ0) is 31.5. The molecule has 0 unspecified atom stereocenters. The molecular formula is C32H42ClN3O7. The quantitative estimate of drug-likeness (QED) is 0.209. The fourth-order valence-corrected chi connectivity index (χ4v) is 5.41. The van der Waals surface area contributed by atoms with E-state index in [9.17, 15) is 19.2 Å². The molecule has 3 rings (SSSR count). The number of carbonyl (C=O) groups excluding carboxylic acids is 4. The molecular weight excluding hydrogens is 574 g/mol. The molecule has 0 spiro atoms. The Labute approximate surface area is 258 Å². The number of amides is 3. The third kappa shape index (κ3) is 10.5. The molecule has 0 saturated heterocycles. The van der Waals surface area contributed by atoms with E-state index in [-0.39, 0.29) is 32.3 Å². The van der Waals surface area contributed by atoms with Crippen LogP contribution in [0.25, 0.3) is 0 Å². The summed E-state index contributed by atoms with van der Waals surface area (Å²) in [6.07, 6.45) is 1.17. The molecule has 2 N–H and O–H groups in total. The number of carbonyl (C=O) groups is 4. The highest BCUT2D eigenvalue weighted by atomic mass is 35.5. The largest absolute Gasteiger partial charge is 0.459 e. The zero-order valence-corrected chi connectivity index (χ0v) is 26.1. The fourth-order valence-electron chi connectivity index (χ4n) is 5.22. The van der Waals surface area contributed by atoms with Gasteiger partial charge in [0.25, 0.3) is 0 Å². The summed E-state index contributed by atoms with van der Waals surface area (Å²) >= 11 is 6.34. The van der Waals surface area contributed by atoms with Crippen molar-refractivity contribution in [1.29, 1.82) is 0 Å². The molecule has 1 aliphatic rings. The molecule has 1 saturated carbocycles. The minimum Gasteiger partial charge on any atom is -0.459 e. The van der Waals surface area contributed by atoms with Gasteiger partial charge >= 0.3 is 24.1 Å². The van der Waals surface area contributed by atoms with Gasteiger partial charge in [0.2, 0.25) is 0 Å². The minimum absolute atomic E-state index is 0.0708. The van der Waals surface area contributed by atoms with Gasteiger partial charge < -0.3 is 29.7 Å². The zero-order valence-electron chi connectivity index (χ0n) is 25.3. The highest BCUT2D eigenvalue weighted by molar-refractivity contribution is 6.32. The van der Waals surface area contributed by atoms with Crippen molar-refractivity contribution < 1.29 is 33.4 Å². The molecule has 11 heteroatoms. The van der Waals surface area contributed by atoms with Gasteiger partial charge in [-0.1, -0.05) is 54.1 Å². The second-order valence-electron chi connectivity index (χ2n) is 11.6. The van der Waals surface area contributed by atoms with Crippen molar-refractivity contribution in [3.05, 3.63) is 70.7 Å². The van der Waals surface area contributed by atoms with Gasteiger partial charge in [-0.25, -0.2) is 14.4 Å². The average molecular weight is 616 g/mol. The molecule has 10 nitrogen and oxygen atoms in total. The van der Waals surface area contributed by atoms with Crippen LogP contribution in [0.15, 0.2) is 54.6 Å². The highest BCUT2D eigenvalue weighted by Gasteiger charge is 2.41. The van der Waals surface area contributed by atoms with Gasteiger partial charge in [-0.05, 0) is 76.6 Å². The maximum Gasteiger partial charge on any atom is 0.407 e. The molecule has 2 aromatic carbocycles. The fraction of sp³-hybridized carbons (Fsp3) is 0.500. The number of rotatable bonds is 10. The molecule has 43 heavy (non-hydrogen) atoms. The summed E-state index contributed by atoms with van der Waals surface area (Å²) in [4.78, 5) is 51.9. The Balaban J connectivity index is 1.69. The van der Waals surface area contributed by atoms with E-state index in [0.29, 0.717) is 37.3 Å². The summed E-state index contributed by atoms with van der Waals surface area (Å²) in [5.41, 5.74) is 0.723. The van der Waals surface area contributed by atoms with Gasteiger partial charge in [-0.2, -0.15) is 0 Å². The monoisotopic (exact) mass is 615 g/mol. The Hall–Kier alpha value is -3.79. The lowest BCUT2D eigenvalue weighted by atomic mass is 9.68. The lowest BCUT2D eigenvalue weighted by Crippen LogP contribution is -2.52. The molecule has 0 bridgehead atoms. The molecule has 2 aromatic rings. The van der Waals surface area contributed by atoms with Crippen molar-refractivity contribution in [2.45, 2.75) is 77.0 Å². The molecule has 234 valence electrons. The first-order chi connectivity index (χ1) is 20.4. The van der Waals surface area contributed by atoms with Crippen LogP contribution in [0.5, 0.6) is 0 Å². The minimum atomic E-state index is -0.938. The van der Waals surface area contributed by atoms with E-state index < -0.39 is 35.1 Å². The molecule has 1 fully saturated rings. The summed E-state index contributed by atoms with van der Waals surface area (Å²) in [5.74, 6) is -1.69. The van der Waals surface area contributed by atoms with E-state index >= 15 is 0 Å². The van der Waals surface area contributed by atoms with Crippen LogP contribution in [0.2, 0.25) is 5.02 Å². The lowest BCUT2D eigenvalue weighted by molar-refractivity contribution is -0.161. The average Bonchev–Trinajstić information content (AvgIpc) is 2.97. The van der Waals surface area contributed by atoms with E-state index in [1.54, 1.807) is 33.8 Å². The maximum atomic E-state index is 13.2. The summed E-state index contributed by atoms with van der Waals surface area (Å²) in [6.45, 7) is 7.74. The number of nitrogens with one attached hydrogen (secondary N) is 2. The third-order valence-corrected chi connectivity index (χ3v) is 7.54. The Bertz CT molecular complexity index is 1240. The third-order valence-electron chi connectivity index (χ3n) is 7.31. The van der Waals surface area contributed by atoms with Crippen LogP contribution in [0.4, 0.5) is 9.59 Å². The van der Waals surface area contributed by atoms with E-state index in [1.165, 1.54) is 4.90 Å². The predicted octanol–water partition coefficient (Wildman–Crippen LogP) is 5.36. The van der Waals surface area contributed by atoms with E-state index in [0.717, 1.165) is 11.1 Å². The Morgan fingerprint density at radius 1 is 0.953 bits per heavy atom. The lowest BCUT2D eigenvalue weighted by Gasteiger charge is -2.44. The van der Waals surface area contributed by atoms with Gasteiger partial charge in [0.15, 0.2) is 0 Å². The normalized spacial score (nSPS) is 18.2. The summed E-state index contributed by atoms with van der Waals surface area (Å²) < 4.78 is 15.7. The van der Waals surface area contributed by atoms with Crippen LogP contribution in [0.3, 0.4) is 0 Å². The van der Waals surface area contributed by atoms with E-state index in [1.807, 2.05) is 48.5 Å². The maximum absolute atomic E-state index is 13.2. The number of ether oxygens (including phenoxy) is 3. The Morgan fingerprint density at radius 2 is 1.65 bits per heavy atom. The SMILES string of the molecule is CCOC(=O)C(=O)N(CCNC(=O)OCc1ccccc1)C1CCC(CNC(=O)OC(C)(C)C)(c2cccc(Cl)c2)CC1. The second kappa shape index (κ2) is 15.6. The molecule has 0 atom stereocenters. The van der Waals surface area contributed by atoms with Crippen LogP contribution in [0, 0.1) is 0 Å². The van der Waals surface area contributed by atoms with Crippen LogP contribution in [-0.2, 0) is 35.8 Å². The Kier molecular flexibility index (Phi) is 12.2. The summed E-state index contributed by atoms with van der Waals surface area (Å²) in [5, 5.41) is 6.17. The van der Waals surface area contributed by atoms with Crippen LogP contribution < -0.4 is 10.6 Å². The molecule has 0 aliphatic heterocycles. The number of halogens is 1. The van der Waals surface area contributed by atoms with Crippen molar-refractivity contribution in [2.75, 3.05) is 26.2 Å². The summed E-state index contributed by atoms with van der Waals surface area (Å²) in [6, 6.07) is 16.5. The summed E-state index contributed by atoms with van der Waals surface area (Å²) in [7, 11) is 0. The van der Waals surface area contributed by atoms with Crippen molar-refractivity contribution >= 4 is 35.7 Å². The number of hydrogen-bond donors (Lipinski definition) is 2. The second-order valence-corrected chi connectivity index (χ2v) is 12.0. The molecule has 3 amide bonds. The standard InChI is InChI=1S/C32H42ClN3O7/c1-5-41-28(38)27(37)36(19-18-34-29(39)42-21-23-10-7-6-8-11-23)26-14-16-32(17-15-26,24-12-9-13-25(33)20-24)22-35-30(40)43-31(2,3)4/h6-13,20,26H,5,14-19,21-22H2,1-4H3,(H,34,39)(H,35,40). The number of hydrogen-bond acceptors (Lipinski definition) is 7. The van der Waals surface area contributed by atoms with Gasteiger partial charge in [0.05, 0.1) is 6.61 Å². The highest BCUT2D eigenvalue weighted by Crippen LogP contribution is 2.41. The number of alkyl carbamates (subject to hydrolysis) is 2. The first kappa shape index (κ1) is 33.7. The van der Waals surface area contributed by atoms with Crippen LogP contribution in [0.1, 0.15) is 64.5 Å². The topological polar surface area (TPSA) is 123 Å². The number of nitrogens with zero attached hydrogens (tertiary/aromatic N) is 1. The number of esters is 1. The van der Waals surface area contributed by atoms with Gasteiger partial charge in [-0.15, -0.1) is 0 Å². The van der Waals surface area contributed by atoms with Crippen LogP contribution in [-0.4, -0.2) is 66.8 Å². The van der Waals surface area contributed by atoms with Crippen molar-refractivity contribution in [1.82, 2.24) is 15.5 Å². The van der Waals surface area contributed by atoms with Crippen LogP contribution >= 0.6 is 11.6 Å². The molecule has 1 aliphatic carbocycles. The van der Waals surface area contributed by atoms with Crippen molar-refractivity contribution in [3.63, 3.8) is 0 Å². The predicted molar refractivity (Wildman–Crippen MR) is 163 cm³/mol.